The van der Waals surface area contributed by atoms with Crippen LogP contribution in [0.5, 0.6) is 11.5 Å². The maximum Gasteiger partial charge on any atom is 0.247 e. The molecule has 0 fully saturated rings. The first-order chi connectivity index (χ1) is 17.6. The summed E-state index contributed by atoms with van der Waals surface area (Å²) in [4.78, 5) is 0.269. The van der Waals surface area contributed by atoms with Crippen LogP contribution in [0.25, 0.3) is 0 Å². The van der Waals surface area contributed by atoms with Crippen LogP contribution in [0.3, 0.4) is 0 Å². The minimum absolute atomic E-state index is 0.228. The van der Waals surface area contributed by atoms with Gasteiger partial charge in [-0.05, 0) is 47.9 Å². The second-order valence-electron chi connectivity index (χ2n) is 8.49. The first-order valence-corrected chi connectivity index (χ1v) is 13.3. The van der Waals surface area contributed by atoms with Crippen LogP contribution < -0.4 is 14.8 Å². The van der Waals surface area contributed by atoms with Crippen molar-refractivity contribution in [3.63, 3.8) is 0 Å². The third-order valence-electron chi connectivity index (χ3n) is 6.06. The molecule has 1 aliphatic rings. The molecule has 5 rings (SSSR count). The molecule has 0 aromatic heterocycles. The molecule has 0 aliphatic carbocycles. The Hall–Kier alpha value is -3.81. The van der Waals surface area contributed by atoms with E-state index in [1.54, 1.807) is 18.2 Å². The molecule has 1 aliphatic heterocycles. The van der Waals surface area contributed by atoms with Crippen LogP contribution in [0.2, 0.25) is 0 Å². The highest BCUT2D eigenvalue weighted by molar-refractivity contribution is 7.89. The van der Waals surface area contributed by atoms with Crippen LogP contribution in [0.4, 0.5) is 5.69 Å². The predicted molar refractivity (Wildman–Crippen MR) is 140 cm³/mol. The molecule has 1 N–H and O–H groups in total. The molecule has 0 unspecified atom stereocenters. The zero-order chi connectivity index (χ0) is 25.0. The van der Waals surface area contributed by atoms with Gasteiger partial charge in [-0.25, -0.2) is 8.42 Å². The number of nitrogens with zero attached hydrogens (tertiary/aromatic N) is 1. The van der Waals surface area contributed by atoms with Crippen molar-refractivity contribution in [2.75, 3.05) is 11.9 Å². The Kier molecular flexibility index (Phi) is 6.93. The zero-order valence-corrected chi connectivity index (χ0v) is 20.8. The highest BCUT2D eigenvalue weighted by Crippen LogP contribution is 2.41. The number of ether oxygens (including phenoxy) is 2. The van der Waals surface area contributed by atoms with Gasteiger partial charge in [0.1, 0.15) is 17.7 Å². The lowest BCUT2D eigenvalue weighted by Gasteiger charge is -2.37. The lowest BCUT2D eigenvalue weighted by molar-refractivity contribution is 0.268. The number of hydrogen-bond acceptors (Lipinski definition) is 5. The van der Waals surface area contributed by atoms with Gasteiger partial charge in [0.2, 0.25) is 10.0 Å². The topological polar surface area (TPSA) is 67.9 Å². The number of hydrogen-bond donors (Lipinski definition) is 1. The molecule has 0 bridgehead atoms. The molecule has 1 atom stereocenters. The van der Waals surface area contributed by atoms with Gasteiger partial charge in [0, 0.05) is 6.54 Å². The second kappa shape index (κ2) is 10.4. The molecule has 6 nitrogen and oxygen atoms in total. The Bertz CT molecular complexity index is 1430. The van der Waals surface area contributed by atoms with Crippen molar-refractivity contribution in [1.82, 2.24) is 4.31 Å². The van der Waals surface area contributed by atoms with Gasteiger partial charge in [0.05, 0.1) is 12.3 Å². The molecule has 36 heavy (non-hydrogen) atoms. The quantitative estimate of drug-likeness (QED) is 0.322. The maximum atomic E-state index is 13.8. The fourth-order valence-corrected chi connectivity index (χ4v) is 5.98. The summed E-state index contributed by atoms with van der Waals surface area (Å²) in [6.07, 6.45) is -0.618. The standard InChI is InChI=1S/C29H28N2O4S/c1-2-34-27-19-24(17-18-26(27)35-21-23-13-7-4-8-14-23)29-30-25-15-9-10-16-28(25)36(32,33)31(29)20-22-11-5-3-6-12-22/h3-19,29-30H,2,20-21H2,1H3/t29-/m0/s1. The molecule has 0 saturated carbocycles. The number of fused-ring (bicyclic) bond motifs is 1. The number of benzene rings is 4. The van der Waals surface area contributed by atoms with Crippen LogP contribution in [0.1, 0.15) is 29.8 Å². The summed E-state index contributed by atoms with van der Waals surface area (Å²) in [5, 5.41) is 3.44. The van der Waals surface area contributed by atoms with E-state index in [1.165, 1.54) is 4.31 Å². The first kappa shape index (κ1) is 23.9. The summed E-state index contributed by atoms with van der Waals surface area (Å²) in [5.41, 5.74) is 3.29. The second-order valence-corrected chi connectivity index (χ2v) is 10.4. The van der Waals surface area contributed by atoms with E-state index >= 15 is 0 Å². The molecular formula is C29H28N2O4S. The molecular weight excluding hydrogens is 472 g/mol. The summed E-state index contributed by atoms with van der Waals surface area (Å²) < 4.78 is 41.0. The van der Waals surface area contributed by atoms with Crippen LogP contribution in [-0.2, 0) is 23.2 Å². The average Bonchev–Trinajstić information content (AvgIpc) is 2.91. The minimum Gasteiger partial charge on any atom is -0.490 e. The lowest BCUT2D eigenvalue weighted by atomic mass is 10.1. The number of para-hydroxylation sites is 1. The lowest BCUT2D eigenvalue weighted by Crippen LogP contribution is -2.42. The van der Waals surface area contributed by atoms with Gasteiger partial charge < -0.3 is 14.8 Å². The van der Waals surface area contributed by atoms with Crippen LogP contribution in [0, 0.1) is 0 Å². The molecule has 4 aromatic carbocycles. The minimum atomic E-state index is -3.76. The number of sulfonamides is 1. The van der Waals surface area contributed by atoms with E-state index in [0.29, 0.717) is 30.4 Å². The fraction of sp³-hybridized carbons (Fsp3) is 0.172. The van der Waals surface area contributed by atoms with Crippen molar-refractivity contribution in [3.05, 3.63) is 120 Å². The summed E-state index contributed by atoms with van der Waals surface area (Å²) in [7, 11) is -3.76. The van der Waals surface area contributed by atoms with Crippen LogP contribution >= 0.6 is 0 Å². The summed E-state index contributed by atoms with van der Waals surface area (Å²) >= 11 is 0. The van der Waals surface area contributed by atoms with Crippen molar-refractivity contribution in [3.8, 4) is 11.5 Å². The zero-order valence-electron chi connectivity index (χ0n) is 20.0. The van der Waals surface area contributed by atoms with Crippen molar-refractivity contribution in [2.45, 2.75) is 31.1 Å². The fourth-order valence-electron chi connectivity index (χ4n) is 4.30. The Balaban J connectivity index is 1.51. The molecule has 0 saturated heterocycles. The summed E-state index contributed by atoms with van der Waals surface area (Å²) in [5.74, 6) is 1.18. The van der Waals surface area contributed by atoms with E-state index in [9.17, 15) is 8.42 Å². The third kappa shape index (κ3) is 4.94. The highest BCUT2D eigenvalue weighted by Gasteiger charge is 2.39. The Labute approximate surface area is 212 Å². The molecule has 0 radical (unpaired) electrons. The smallest absolute Gasteiger partial charge is 0.247 e. The van der Waals surface area contributed by atoms with Gasteiger partial charge in [-0.1, -0.05) is 78.9 Å². The first-order valence-electron chi connectivity index (χ1n) is 11.9. The third-order valence-corrected chi connectivity index (χ3v) is 7.92. The normalized spacial score (nSPS) is 16.5. The highest BCUT2D eigenvalue weighted by atomic mass is 32.2. The number of rotatable bonds is 8. The predicted octanol–water partition coefficient (Wildman–Crippen LogP) is 5.98. The Morgan fingerprint density at radius 1 is 0.778 bits per heavy atom. The molecule has 1 heterocycles. The monoisotopic (exact) mass is 500 g/mol. The van der Waals surface area contributed by atoms with E-state index in [0.717, 1.165) is 16.7 Å². The van der Waals surface area contributed by atoms with E-state index in [2.05, 4.69) is 5.32 Å². The van der Waals surface area contributed by atoms with Crippen LogP contribution in [-0.4, -0.2) is 19.3 Å². The van der Waals surface area contributed by atoms with Gasteiger partial charge in [-0.2, -0.15) is 4.31 Å². The van der Waals surface area contributed by atoms with E-state index < -0.39 is 16.2 Å². The van der Waals surface area contributed by atoms with Crippen molar-refractivity contribution in [2.24, 2.45) is 0 Å². The SMILES string of the molecule is CCOc1cc([C@H]2Nc3ccccc3S(=O)(=O)N2Cc2ccccc2)ccc1OCc1ccccc1. The Morgan fingerprint density at radius 2 is 1.44 bits per heavy atom. The molecule has 4 aromatic rings. The largest absolute Gasteiger partial charge is 0.490 e. The summed E-state index contributed by atoms with van der Waals surface area (Å²) in [6.45, 7) is 3.00. The van der Waals surface area contributed by atoms with Crippen molar-refractivity contribution >= 4 is 15.7 Å². The maximum absolute atomic E-state index is 13.8. The van der Waals surface area contributed by atoms with Gasteiger partial charge in [0.25, 0.3) is 0 Å². The molecule has 0 amide bonds. The van der Waals surface area contributed by atoms with Gasteiger partial charge in [-0.3, -0.25) is 0 Å². The van der Waals surface area contributed by atoms with Gasteiger partial charge >= 0.3 is 0 Å². The van der Waals surface area contributed by atoms with Crippen molar-refractivity contribution in [1.29, 1.82) is 0 Å². The molecule has 184 valence electrons. The summed E-state index contributed by atoms with van der Waals surface area (Å²) in [6, 6.07) is 32.1. The average molecular weight is 501 g/mol. The number of anilines is 1. The number of nitrogens with one attached hydrogen (secondary N) is 1. The van der Waals surface area contributed by atoms with Crippen molar-refractivity contribution < 1.29 is 17.9 Å². The Morgan fingerprint density at radius 3 is 2.17 bits per heavy atom. The van der Waals surface area contributed by atoms with Gasteiger partial charge in [-0.15, -0.1) is 0 Å². The van der Waals surface area contributed by atoms with E-state index in [4.69, 9.17) is 9.47 Å². The van der Waals surface area contributed by atoms with E-state index in [1.807, 2.05) is 91.9 Å². The van der Waals surface area contributed by atoms with Crippen LogP contribution in [0.15, 0.2) is 108 Å². The van der Waals surface area contributed by atoms with Gasteiger partial charge in [0.15, 0.2) is 11.5 Å². The molecule has 0 spiro atoms. The molecule has 7 heteroatoms. The van der Waals surface area contributed by atoms with E-state index in [-0.39, 0.29) is 11.4 Å².